The second-order valence-corrected chi connectivity index (χ2v) is 4.60. The zero-order valence-electron chi connectivity index (χ0n) is 10.9. The van der Waals surface area contributed by atoms with Crippen LogP contribution in [0.4, 0.5) is 5.69 Å². The first kappa shape index (κ1) is 12.3. The Morgan fingerprint density at radius 2 is 2.15 bits per heavy atom. The van der Waals surface area contributed by atoms with Crippen molar-refractivity contribution >= 4 is 17.5 Å². The van der Waals surface area contributed by atoms with Crippen molar-refractivity contribution < 1.29 is 9.59 Å². The molecule has 5 heteroatoms. The third-order valence-corrected chi connectivity index (χ3v) is 3.35. The fourth-order valence-corrected chi connectivity index (χ4v) is 2.28. The SMILES string of the molecule is Cc1ncccc1C(=O)Nc1cccc2c1CNC2=O. The number of nitrogens with zero attached hydrogens (tertiary/aromatic N) is 1. The first-order chi connectivity index (χ1) is 9.66. The number of hydrogen-bond acceptors (Lipinski definition) is 3. The second-order valence-electron chi connectivity index (χ2n) is 4.60. The highest BCUT2D eigenvalue weighted by molar-refractivity contribution is 6.07. The van der Waals surface area contributed by atoms with E-state index in [1.54, 1.807) is 43.5 Å². The largest absolute Gasteiger partial charge is 0.348 e. The van der Waals surface area contributed by atoms with Crippen LogP contribution in [0.5, 0.6) is 0 Å². The van der Waals surface area contributed by atoms with Gasteiger partial charge in [-0.15, -0.1) is 0 Å². The van der Waals surface area contributed by atoms with Crippen molar-refractivity contribution in [3.63, 3.8) is 0 Å². The minimum atomic E-state index is -0.219. The minimum absolute atomic E-state index is 0.103. The van der Waals surface area contributed by atoms with Crippen LogP contribution in [0.1, 0.15) is 32.0 Å². The molecular formula is C15H13N3O2. The lowest BCUT2D eigenvalue weighted by Gasteiger charge is -2.10. The van der Waals surface area contributed by atoms with Gasteiger partial charge in [0.15, 0.2) is 0 Å². The van der Waals surface area contributed by atoms with Crippen LogP contribution in [0.3, 0.4) is 0 Å². The standard InChI is InChI=1S/C15H13N3O2/c1-9-10(5-3-7-16-9)15(20)18-13-6-2-4-11-12(13)8-17-14(11)19/h2-7H,8H2,1H3,(H,17,19)(H,18,20). The summed E-state index contributed by atoms with van der Waals surface area (Å²) in [5, 5.41) is 5.60. The predicted molar refractivity (Wildman–Crippen MR) is 74.5 cm³/mol. The lowest BCUT2D eigenvalue weighted by atomic mass is 10.1. The van der Waals surface area contributed by atoms with E-state index in [0.29, 0.717) is 29.1 Å². The van der Waals surface area contributed by atoms with Gasteiger partial charge in [0.05, 0.1) is 5.56 Å². The number of pyridine rings is 1. The summed E-state index contributed by atoms with van der Waals surface area (Å²) in [4.78, 5) is 28.0. The molecule has 20 heavy (non-hydrogen) atoms. The molecule has 0 aliphatic carbocycles. The summed E-state index contributed by atoms with van der Waals surface area (Å²) in [7, 11) is 0. The van der Waals surface area contributed by atoms with Crippen molar-refractivity contribution in [3.05, 3.63) is 58.9 Å². The fraction of sp³-hybridized carbons (Fsp3) is 0.133. The number of benzene rings is 1. The lowest BCUT2D eigenvalue weighted by Crippen LogP contribution is -2.15. The predicted octanol–water partition coefficient (Wildman–Crippen LogP) is 1.89. The first-order valence-electron chi connectivity index (χ1n) is 6.30. The van der Waals surface area contributed by atoms with Crippen molar-refractivity contribution in [3.8, 4) is 0 Å². The Kier molecular flexibility index (Phi) is 2.95. The molecule has 1 aromatic carbocycles. The van der Waals surface area contributed by atoms with Gasteiger partial charge < -0.3 is 10.6 Å². The zero-order chi connectivity index (χ0) is 14.1. The molecule has 3 rings (SSSR count). The number of rotatable bonds is 2. The highest BCUT2D eigenvalue weighted by atomic mass is 16.2. The number of anilines is 1. The molecule has 1 aliphatic heterocycles. The van der Waals surface area contributed by atoms with E-state index in [2.05, 4.69) is 15.6 Å². The van der Waals surface area contributed by atoms with E-state index in [4.69, 9.17) is 0 Å². The van der Waals surface area contributed by atoms with Crippen LogP contribution in [-0.4, -0.2) is 16.8 Å². The maximum Gasteiger partial charge on any atom is 0.257 e. The summed E-state index contributed by atoms with van der Waals surface area (Å²) in [6.45, 7) is 2.23. The van der Waals surface area contributed by atoms with Gasteiger partial charge in [-0.25, -0.2) is 0 Å². The number of amides is 2. The Labute approximate surface area is 116 Å². The molecule has 0 fully saturated rings. The van der Waals surface area contributed by atoms with Crippen LogP contribution in [0.15, 0.2) is 36.5 Å². The molecule has 100 valence electrons. The van der Waals surface area contributed by atoms with Crippen molar-refractivity contribution in [1.29, 1.82) is 0 Å². The summed E-state index contributed by atoms with van der Waals surface area (Å²) in [6.07, 6.45) is 1.65. The van der Waals surface area contributed by atoms with Gasteiger partial charge in [0.2, 0.25) is 0 Å². The molecule has 0 bridgehead atoms. The van der Waals surface area contributed by atoms with Crippen molar-refractivity contribution in [2.75, 3.05) is 5.32 Å². The van der Waals surface area contributed by atoms with Gasteiger partial charge in [-0.1, -0.05) is 6.07 Å². The van der Waals surface area contributed by atoms with Crippen molar-refractivity contribution in [2.45, 2.75) is 13.5 Å². The third kappa shape index (κ3) is 2.03. The molecule has 0 atom stereocenters. The van der Waals surface area contributed by atoms with E-state index >= 15 is 0 Å². The molecule has 0 saturated heterocycles. The molecule has 0 saturated carbocycles. The Morgan fingerprint density at radius 1 is 1.30 bits per heavy atom. The average Bonchev–Trinajstić information content (AvgIpc) is 2.82. The Hall–Kier alpha value is -2.69. The van der Waals surface area contributed by atoms with Gasteiger partial charge in [-0.05, 0) is 31.2 Å². The fourth-order valence-electron chi connectivity index (χ4n) is 2.28. The molecule has 5 nitrogen and oxygen atoms in total. The summed E-state index contributed by atoms with van der Waals surface area (Å²) in [5.41, 5.74) is 3.31. The molecule has 2 aromatic rings. The van der Waals surface area contributed by atoms with Crippen molar-refractivity contribution in [2.24, 2.45) is 0 Å². The van der Waals surface area contributed by atoms with Crippen molar-refractivity contribution in [1.82, 2.24) is 10.3 Å². The van der Waals surface area contributed by atoms with E-state index in [9.17, 15) is 9.59 Å². The summed E-state index contributed by atoms with van der Waals surface area (Å²) in [6, 6.07) is 8.76. The van der Waals surface area contributed by atoms with Gasteiger partial charge >= 0.3 is 0 Å². The lowest BCUT2D eigenvalue weighted by molar-refractivity contribution is 0.0964. The monoisotopic (exact) mass is 267 g/mol. The average molecular weight is 267 g/mol. The van der Waals surface area contributed by atoms with Gasteiger partial charge in [0, 0.05) is 35.2 Å². The smallest absolute Gasteiger partial charge is 0.257 e. The second kappa shape index (κ2) is 4.77. The molecule has 0 unspecified atom stereocenters. The zero-order valence-corrected chi connectivity index (χ0v) is 10.9. The number of nitrogens with one attached hydrogen (secondary N) is 2. The molecule has 2 amide bonds. The maximum absolute atomic E-state index is 12.3. The molecule has 1 aromatic heterocycles. The van der Waals surface area contributed by atoms with Crippen LogP contribution in [0.2, 0.25) is 0 Å². The number of carbonyl (C=O) groups excluding carboxylic acids is 2. The number of hydrogen-bond donors (Lipinski definition) is 2. The Balaban J connectivity index is 1.92. The topological polar surface area (TPSA) is 71.1 Å². The number of fused-ring (bicyclic) bond motifs is 1. The van der Waals surface area contributed by atoms with E-state index < -0.39 is 0 Å². The van der Waals surface area contributed by atoms with Crippen LogP contribution < -0.4 is 10.6 Å². The number of aromatic nitrogens is 1. The summed E-state index contributed by atoms with van der Waals surface area (Å²) < 4.78 is 0. The van der Waals surface area contributed by atoms with Gasteiger partial charge in [-0.3, -0.25) is 14.6 Å². The van der Waals surface area contributed by atoms with E-state index in [0.717, 1.165) is 5.56 Å². The molecular weight excluding hydrogens is 254 g/mol. The molecule has 0 radical (unpaired) electrons. The summed E-state index contributed by atoms with van der Waals surface area (Å²) >= 11 is 0. The highest BCUT2D eigenvalue weighted by Crippen LogP contribution is 2.24. The molecule has 1 aliphatic rings. The first-order valence-corrected chi connectivity index (χ1v) is 6.30. The third-order valence-electron chi connectivity index (χ3n) is 3.35. The van der Waals surface area contributed by atoms with Crippen LogP contribution >= 0.6 is 0 Å². The van der Waals surface area contributed by atoms with Gasteiger partial charge in [-0.2, -0.15) is 0 Å². The van der Waals surface area contributed by atoms with Crippen LogP contribution in [0.25, 0.3) is 0 Å². The van der Waals surface area contributed by atoms with Gasteiger partial charge in [0.1, 0.15) is 0 Å². The van der Waals surface area contributed by atoms with E-state index in [1.807, 2.05) is 0 Å². The van der Waals surface area contributed by atoms with Gasteiger partial charge in [0.25, 0.3) is 11.8 Å². The maximum atomic E-state index is 12.3. The molecule has 0 spiro atoms. The molecule has 2 N–H and O–H groups in total. The van der Waals surface area contributed by atoms with Crippen LogP contribution in [0, 0.1) is 6.92 Å². The molecule has 2 heterocycles. The summed E-state index contributed by atoms with van der Waals surface area (Å²) in [5.74, 6) is -0.322. The Morgan fingerprint density at radius 3 is 2.95 bits per heavy atom. The van der Waals surface area contributed by atoms with Crippen LogP contribution in [-0.2, 0) is 6.54 Å². The highest BCUT2D eigenvalue weighted by Gasteiger charge is 2.22. The van der Waals surface area contributed by atoms with E-state index in [-0.39, 0.29) is 11.8 Å². The number of carbonyl (C=O) groups is 2. The quantitative estimate of drug-likeness (QED) is 0.872. The minimum Gasteiger partial charge on any atom is -0.348 e. The normalized spacial score (nSPS) is 12.8. The number of aryl methyl sites for hydroxylation is 1. The Bertz CT molecular complexity index is 710. The van der Waals surface area contributed by atoms with E-state index in [1.165, 1.54) is 0 Å².